The van der Waals surface area contributed by atoms with Gasteiger partial charge in [-0.05, 0) is 68.7 Å². The summed E-state index contributed by atoms with van der Waals surface area (Å²) in [4.78, 5) is 11.7. The zero-order valence-electron chi connectivity index (χ0n) is 13.1. The zero-order valence-corrected chi connectivity index (χ0v) is 13.1. The van der Waals surface area contributed by atoms with Gasteiger partial charge >= 0.3 is 0 Å². The lowest BCUT2D eigenvalue weighted by atomic mass is 9.74. The number of rotatable bonds is 2. The lowest BCUT2D eigenvalue weighted by Gasteiger charge is -2.39. The van der Waals surface area contributed by atoms with Crippen LogP contribution in [0.15, 0.2) is 42.0 Å². The molecule has 0 saturated carbocycles. The molecule has 1 N–H and O–H groups in total. The van der Waals surface area contributed by atoms with Crippen LogP contribution < -0.4 is 5.32 Å². The van der Waals surface area contributed by atoms with E-state index >= 15 is 0 Å². The summed E-state index contributed by atoms with van der Waals surface area (Å²) in [5, 5.41) is 3.78. The molecule has 2 nitrogen and oxygen atoms in total. The Morgan fingerprint density at radius 2 is 2.18 bits per heavy atom. The third-order valence-corrected chi connectivity index (χ3v) is 5.49. The van der Waals surface area contributed by atoms with E-state index in [1.54, 1.807) is 12.5 Å². The largest absolute Gasteiger partial charge is 0.378 e. The predicted octanol–water partition coefficient (Wildman–Crippen LogP) is 4.84. The number of allylic oxidation sites excluding steroid dienone is 3. The van der Waals surface area contributed by atoms with Crippen molar-refractivity contribution in [2.45, 2.75) is 51.0 Å². The van der Waals surface area contributed by atoms with E-state index in [1.807, 2.05) is 6.07 Å². The van der Waals surface area contributed by atoms with E-state index in [0.29, 0.717) is 17.9 Å². The summed E-state index contributed by atoms with van der Waals surface area (Å²) in [6.07, 6.45) is 13.4. The van der Waals surface area contributed by atoms with Gasteiger partial charge in [-0.3, -0.25) is 4.79 Å². The molecule has 0 spiro atoms. The Morgan fingerprint density at radius 3 is 2.95 bits per heavy atom. The third kappa shape index (κ3) is 2.22. The van der Waals surface area contributed by atoms with E-state index in [2.05, 4.69) is 35.7 Å². The summed E-state index contributed by atoms with van der Waals surface area (Å²) in [5.74, 6) is 1.22. The molecule has 2 heteroatoms. The van der Waals surface area contributed by atoms with Gasteiger partial charge in [0.15, 0.2) is 5.78 Å². The van der Waals surface area contributed by atoms with Crippen LogP contribution >= 0.6 is 0 Å². The number of fused-ring (bicyclic) bond motifs is 3. The average molecular weight is 293 g/mol. The molecule has 0 radical (unpaired) electrons. The van der Waals surface area contributed by atoms with Gasteiger partial charge in [0.05, 0.1) is 6.04 Å². The first-order valence-corrected chi connectivity index (χ1v) is 8.51. The summed E-state index contributed by atoms with van der Waals surface area (Å²) in [5.41, 5.74) is 4.95. The molecule has 1 aromatic rings. The maximum atomic E-state index is 11.7. The molecule has 0 saturated heterocycles. The van der Waals surface area contributed by atoms with Crippen LogP contribution in [0, 0.1) is 5.92 Å². The highest BCUT2D eigenvalue weighted by molar-refractivity contribution is 5.95. The van der Waals surface area contributed by atoms with Gasteiger partial charge in [-0.1, -0.05) is 23.8 Å². The average Bonchev–Trinajstić information content (AvgIpc) is 3.04. The molecule has 0 unspecified atom stereocenters. The highest BCUT2D eigenvalue weighted by atomic mass is 16.1. The van der Waals surface area contributed by atoms with E-state index in [4.69, 9.17) is 0 Å². The molecule has 3 atom stereocenters. The Bertz CT molecular complexity index is 670. The van der Waals surface area contributed by atoms with Crippen molar-refractivity contribution in [2.75, 3.05) is 5.32 Å². The number of nitrogens with one attached hydrogen (secondary N) is 1. The highest BCUT2D eigenvalue weighted by Crippen LogP contribution is 2.47. The van der Waals surface area contributed by atoms with E-state index in [9.17, 15) is 4.79 Å². The van der Waals surface area contributed by atoms with E-state index < -0.39 is 0 Å². The maximum absolute atomic E-state index is 11.7. The second-order valence-electron chi connectivity index (χ2n) is 6.86. The number of carbonyl (C=O) groups excluding carboxylic acids is 1. The van der Waals surface area contributed by atoms with Crippen molar-refractivity contribution in [3.05, 3.63) is 53.1 Å². The minimum absolute atomic E-state index is 0.151. The van der Waals surface area contributed by atoms with Crippen molar-refractivity contribution in [3.8, 4) is 0 Å². The third-order valence-electron chi connectivity index (χ3n) is 5.49. The standard InChI is InChI=1S/C20H23NO/c1-13(22)15-10-11-19-18(12-15)16-8-5-9-17(16)20(21-19)14-6-3-2-4-7-14/h5-6,8,10-12,16-17,20-21H,2-4,7,9H2,1H3/t16-,17+,20+/m1/s1. The minimum atomic E-state index is 0.151. The summed E-state index contributed by atoms with van der Waals surface area (Å²) >= 11 is 0. The lowest BCUT2D eigenvalue weighted by Crippen LogP contribution is -2.37. The van der Waals surface area contributed by atoms with Crippen LogP contribution in [-0.4, -0.2) is 11.8 Å². The summed E-state index contributed by atoms with van der Waals surface area (Å²) in [7, 11) is 0. The second-order valence-corrected chi connectivity index (χ2v) is 6.86. The Labute approximate surface area is 132 Å². The topological polar surface area (TPSA) is 29.1 Å². The number of anilines is 1. The van der Waals surface area contributed by atoms with Gasteiger partial charge < -0.3 is 5.32 Å². The Kier molecular flexibility index (Phi) is 3.40. The second kappa shape index (κ2) is 5.42. The monoisotopic (exact) mass is 293 g/mol. The summed E-state index contributed by atoms with van der Waals surface area (Å²) in [6, 6.07) is 6.63. The van der Waals surface area contributed by atoms with Crippen LogP contribution in [0.25, 0.3) is 0 Å². The Hall–Kier alpha value is -1.83. The molecule has 0 fully saturated rings. The Morgan fingerprint density at radius 1 is 1.27 bits per heavy atom. The molecule has 4 rings (SSSR count). The molecule has 1 aliphatic heterocycles. The number of benzene rings is 1. The van der Waals surface area contributed by atoms with Crippen molar-refractivity contribution in [3.63, 3.8) is 0 Å². The first-order chi connectivity index (χ1) is 10.7. The van der Waals surface area contributed by atoms with Crippen LogP contribution in [-0.2, 0) is 0 Å². The quantitative estimate of drug-likeness (QED) is 0.624. The number of ketones is 1. The summed E-state index contributed by atoms with van der Waals surface area (Å²) in [6.45, 7) is 1.65. The van der Waals surface area contributed by atoms with Crippen LogP contribution in [0.4, 0.5) is 5.69 Å². The molecule has 3 aliphatic rings. The molecule has 0 amide bonds. The predicted molar refractivity (Wildman–Crippen MR) is 90.4 cm³/mol. The van der Waals surface area contributed by atoms with Gasteiger partial charge in [0.2, 0.25) is 0 Å². The molecular weight excluding hydrogens is 270 g/mol. The highest BCUT2D eigenvalue weighted by Gasteiger charge is 2.38. The van der Waals surface area contributed by atoms with Crippen LogP contribution in [0.1, 0.15) is 60.9 Å². The number of hydrogen-bond acceptors (Lipinski definition) is 2. The zero-order chi connectivity index (χ0) is 15.1. The first kappa shape index (κ1) is 13.8. The summed E-state index contributed by atoms with van der Waals surface area (Å²) < 4.78 is 0. The molecule has 2 aliphatic carbocycles. The van der Waals surface area contributed by atoms with Crippen molar-refractivity contribution in [2.24, 2.45) is 5.92 Å². The minimum Gasteiger partial charge on any atom is -0.378 e. The molecule has 114 valence electrons. The van der Waals surface area contributed by atoms with Crippen molar-refractivity contribution in [1.82, 2.24) is 0 Å². The SMILES string of the molecule is CC(=O)c1ccc2c(c1)[C@@H]1C=CC[C@@H]1[C@H](C1=CCCCC1)N2. The molecule has 1 heterocycles. The van der Waals surface area contributed by atoms with Crippen LogP contribution in [0.2, 0.25) is 0 Å². The molecule has 1 aromatic carbocycles. The van der Waals surface area contributed by atoms with Gasteiger partial charge in [-0.25, -0.2) is 0 Å². The van der Waals surface area contributed by atoms with Crippen molar-refractivity contribution < 1.29 is 4.79 Å². The normalized spacial score (nSPS) is 29.3. The van der Waals surface area contributed by atoms with Gasteiger partial charge in [-0.15, -0.1) is 0 Å². The van der Waals surface area contributed by atoms with E-state index in [0.717, 1.165) is 12.0 Å². The number of carbonyl (C=O) groups is 1. The van der Waals surface area contributed by atoms with Gasteiger partial charge in [0.25, 0.3) is 0 Å². The van der Waals surface area contributed by atoms with E-state index in [1.165, 1.54) is 36.9 Å². The van der Waals surface area contributed by atoms with Crippen LogP contribution in [0.5, 0.6) is 0 Å². The fourth-order valence-corrected chi connectivity index (χ4v) is 4.33. The smallest absolute Gasteiger partial charge is 0.159 e. The molecule has 0 bridgehead atoms. The van der Waals surface area contributed by atoms with Crippen LogP contribution in [0.3, 0.4) is 0 Å². The molecule has 0 aromatic heterocycles. The fourth-order valence-electron chi connectivity index (χ4n) is 4.33. The number of hydrogen-bond donors (Lipinski definition) is 1. The first-order valence-electron chi connectivity index (χ1n) is 8.51. The van der Waals surface area contributed by atoms with Crippen molar-refractivity contribution >= 4 is 11.5 Å². The maximum Gasteiger partial charge on any atom is 0.159 e. The van der Waals surface area contributed by atoms with Crippen molar-refractivity contribution in [1.29, 1.82) is 0 Å². The molecular formula is C20H23NO. The van der Waals surface area contributed by atoms with Gasteiger partial charge in [0.1, 0.15) is 0 Å². The molecule has 22 heavy (non-hydrogen) atoms. The van der Waals surface area contributed by atoms with E-state index in [-0.39, 0.29) is 5.78 Å². The van der Waals surface area contributed by atoms with Gasteiger partial charge in [0, 0.05) is 17.2 Å². The lowest BCUT2D eigenvalue weighted by molar-refractivity contribution is 0.101. The Balaban J connectivity index is 1.74. The van der Waals surface area contributed by atoms with Gasteiger partial charge in [-0.2, -0.15) is 0 Å². The fraction of sp³-hybridized carbons (Fsp3) is 0.450. The number of Topliss-reactive ketones (excluding diaryl/α,β-unsaturated/α-hetero) is 1.